The van der Waals surface area contributed by atoms with E-state index < -0.39 is 0 Å². The lowest BCUT2D eigenvalue weighted by atomic mass is 9.89. The molecule has 8 aromatic carbocycles. The van der Waals surface area contributed by atoms with Gasteiger partial charge in [-0.3, -0.25) is 9.98 Å². The molecule has 46 heavy (non-hydrogen) atoms. The molecular formula is C42H28N2O2. The van der Waals surface area contributed by atoms with Gasteiger partial charge in [-0.1, -0.05) is 109 Å². The van der Waals surface area contributed by atoms with Crippen molar-refractivity contribution in [1.82, 2.24) is 0 Å². The molecule has 0 atom stereocenters. The van der Waals surface area contributed by atoms with Crippen molar-refractivity contribution in [3.8, 4) is 22.6 Å². The third kappa shape index (κ3) is 4.92. The lowest BCUT2D eigenvalue weighted by Crippen LogP contribution is -1.94. The zero-order valence-electron chi connectivity index (χ0n) is 24.8. The number of hydrogen-bond acceptors (Lipinski definition) is 4. The number of fused-ring (bicyclic) bond motifs is 4. The number of aliphatic imine (C=N–C) groups is 2. The maximum Gasteiger partial charge on any atom is 0.132 e. The highest BCUT2D eigenvalue weighted by molar-refractivity contribution is 6.14. The van der Waals surface area contributed by atoms with Crippen molar-refractivity contribution < 1.29 is 10.2 Å². The van der Waals surface area contributed by atoms with E-state index in [1.807, 2.05) is 121 Å². The Hall–Kier alpha value is -6.26. The van der Waals surface area contributed by atoms with Gasteiger partial charge in [0.25, 0.3) is 0 Å². The Morgan fingerprint density at radius 3 is 1.17 bits per heavy atom. The van der Waals surface area contributed by atoms with Gasteiger partial charge in [0.2, 0.25) is 0 Å². The van der Waals surface area contributed by atoms with Crippen LogP contribution in [0.2, 0.25) is 0 Å². The molecule has 0 aliphatic rings. The van der Waals surface area contributed by atoms with Crippen LogP contribution in [-0.4, -0.2) is 22.6 Å². The van der Waals surface area contributed by atoms with Crippen molar-refractivity contribution >= 4 is 66.9 Å². The summed E-state index contributed by atoms with van der Waals surface area (Å²) in [6, 6.07) is 48.1. The first-order valence-electron chi connectivity index (χ1n) is 15.2. The van der Waals surface area contributed by atoms with Crippen LogP contribution in [0.3, 0.4) is 0 Å². The molecule has 0 aromatic heterocycles. The van der Waals surface area contributed by atoms with Crippen molar-refractivity contribution in [2.45, 2.75) is 0 Å². The highest BCUT2D eigenvalue weighted by atomic mass is 16.3. The third-order valence-electron chi connectivity index (χ3n) is 8.52. The van der Waals surface area contributed by atoms with Crippen LogP contribution >= 0.6 is 0 Å². The second kappa shape index (κ2) is 11.3. The van der Waals surface area contributed by atoms with Crippen LogP contribution in [0.25, 0.3) is 54.2 Å². The molecule has 2 N–H and O–H groups in total. The predicted molar refractivity (Wildman–Crippen MR) is 193 cm³/mol. The molecule has 0 amide bonds. The molecule has 8 aromatic rings. The van der Waals surface area contributed by atoms with Crippen LogP contribution < -0.4 is 0 Å². The summed E-state index contributed by atoms with van der Waals surface area (Å²) in [6.07, 6.45) is 3.39. The molecule has 0 saturated carbocycles. The van der Waals surface area contributed by atoms with Crippen molar-refractivity contribution in [1.29, 1.82) is 0 Å². The molecule has 218 valence electrons. The fourth-order valence-corrected chi connectivity index (χ4v) is 6.22. The van der Waals surface area contributed by atoms with E-state index in [2.05, 4.69) is 24.3 Å². The molecule has 8 rings (SSSR count). The fourth-order valence-electron chi connectivity index (χ4n) is 6.22. The average Bonchev–Trinajstić information content (AvgIpc) is 3.10. The van der Waals surface area contributed by atoms with Crippen LogP contribution in [0.15, 0.2) is 156 Å². The largest absolute Gasteiger partial charge is 0.507 e. The lowest BCUT2D eigenvalue weighted by Gasteiger charge is -2.17. The lowest BCUT2D eigenvalue weighted by molar-refractivity contribution is 0.469. The van der Waals surface area contributed by atoms with Gasteiger partial charge in [0.05, 0.1) is 11.4 Å². The quantitative estimate of drug-likeness (QED) is 0.195. The topological polar surface area (TPSA) is 65.2 Å². The van der Waals surface area contributed by atoms with E-state index >= 15 is 0 Å². The van der Waals surface area contributed by atoms with Gasteiger partial charge in [-0.15, -0.1) is 0 Å². The molecule has 4 nitrogen and oxygen atoms in total. The summed E-state index contributed by atoms with van der Waals surface area (Å²) in [5.41, 5.74) is 3.78. The molecule has 0 heterocycles. The molecule has 0 bridgehead atoms. The number of hydrogen-bond donors (Lipinski definition) is 2. The fraction of sp³-hybridized carbons (Fsp3) is 0. The van der Waals surface area contributed by atoms with Crippen LogP contribution in [-0.2, 0) is 0 Å². The summed E-state index contributed by atoms with van der Waals surface area (Å²) in [7, 11) is 0. The molecule has 0 saturated heterocycles. The van der Waals surface area contributed by atoms with E-state index in [0.717, 1.165) is 54.5 Å². The number of nitrogens with zero attached hydrogens (tertiary/aromatic N) is 2. The maximum absolute atomic E-state index is 11.9. The first-order chi connectivity index (χ1) is 22.6. The summed E-state index contributed by atoms with van der Waals surface area (Å²) in [5, 5.41) is 31.9. The molecule has 0 unspecified atom stereocenters. The summed E-state index contributed by atoms with van der Waals surface area (Å²) in [4.78, 5) is 9.49. The summed E-state index contributed by atoms with van der Waals surface area (Å²) in [6.45, 7) is 0. The molecule has 0 fully saturated rings. The molecule has 4 heteroatoms. The van der Waals surface area contributed by atoms with E-state index in [-0.39, 0.29) is 11.5 Å². The van der Waals surface area contributed by atoms with Gasteiger partial charge < -0.3 is 10.2 Å². The number of phenols is 2. The average molecular weight is 593 g/mol. The Labute approximate surface area is 265 Å². The molecule has 0 aliphatic carbocycles. The van der Waals surface area contributed by atoms with Crippen LogP contribution in [0.4, 0.5) is 11.4 Å². The van der Waals surface area contributed by atoms with Gasteiger partial charge in [-0.2, -0.15) is 0 Å². The minimum absolute atomic E-state index is 0.0484. The summed E-state index contributed by atoms with van der Waals surface area (Å²) < 4.78 is 0. The third-order valence-corrected chi connectivity index (χ3v) is 8.52. The maximum atomic E-state index is 11.9. The van der Waals surface area contributed by atoms with Crippen LogP contribution in [0.1, 0.15) is 11.1 Å². The van der Waals surface area contributed by atoms with Gasteiger partial charge in [-0.25, -0.2) is 0 Å². The Morgan fingerprint density at radius 2 is 0.739 bits per heavy atom. The van der Waals surface area contributed by atoms with Crippen molar-refractivity contribution in [2.24, 2.45) is 9.98 Å². The molecule has 0 radical (unpaired) electrons. The van der Waals surface area contributed by atoms with Gasteiger partial charge in [0.15, 0.2) is 0 Å². The first kappa shape index (κ1) is 27.3. The summed E-state index contributed by atoms with van der Waals surface area (Å²) >= 11 is 0. The van der Waals surface area contributed by atoms with E-state index in [1.165, 1.54) is 0 Å². The van der Waals surface area contributed by atoms with Gasteiger partial charge >= 0.3 is 0 Å². The minimum atomic E-state index is 0.0484. The van der Waals surface area contributed by atoms with Gasteiger partial charge in [0, 0.05) is 34.7 Å². The van der Waals surface area contributed by atoms with Crippen LogP contribution in [0, 0.1) is 0 Å². The molecular weight excluding hydrogens is 564 g/mol. The van der Waals surface area contributed by atoms with Crippen LogP contribution in [0.5, 0.6) is 11.5 Å². The zero-order valence-corrected chi connectivity index (χ0v) is 24.8. The predicted octanol–water partition coefficient (Wildman–Crippen LogP) is 10.9. The second-order valence-corrected chi connectivity index (χ2v) is 11.4. The SMILES string of the molecule is Oc1c(C=Nc2ccc3ccccc3c2)cc2ccccc2c1-c1c(O)c(C=Nc2ccc3ccccc3c2)cc2ccccc12. The Bertz CT molecular complexity index is 2340. The standard InChI is InChI=1S/C42H28N2O2/c45-41-33(25-43-35-19-17-27-9-1-3-11-29(27)23-35)21-31-13-5-7-15-37(31)39(41)40-38-16-8-6-14-32(38)22-34(42(40)46)26-44-36-20-18-28-10-2-4-12-30(28)24-36/h1-26,45-46H. The smallest absolute Gasteiger partial charge is 0.132 e. The Kier molecular flexibility index (Phi) is 6.73. The monoisotopic (exact) mass is 592 g/mol. The Balaban J connectivity index is 1.30. The van der Waals surface area contributed by atoms with E-state index in [4.69, 9.17) is 9.98 Å². The van der Waals surface area contributed by atoms with Crippen molar-refractivity contribution in [2.75, 3.05) is 0 Å². The van der Waals surface area contributed by atoms with E-state index in [9.17, 15) is 10.2 Å². The van der Waals surface area contributed by atoms with E-state index in [1.54, 1.807) is 12.4 Å². The second-order valence-electron chi connectivity index (χ2n) is 11.4. The number of rotatable bonds is 5. The molecule has 0 aliphatic heterocycles. The normalized spacial score (nSPS) is 11.9. The minimum Gasteiger partial charge on any atom is -0.507 e. The van der Waals surface area contributed by atoms with Crippen molar-refractivity contribution in [3.05, 3.63) is 157 Å². The summed E-state index contributed by atoms with van der Waals surface area (Å²) in [5.74, 6) is 0.0969. The van der Waals surface area contributed by atoms with E-state index in [0.29, 0.717) is 22.3 Å². The number of aromatic hydroxyl groups is 2. The van der Waals surface area contributed by atoms with Gasteiger partial charge in [-0.05, 0) is 79.5 Å². The number of phenolic OH excluding ortho intramolecular Hbond substituents is 2. The highest BCUT2D eigenvalue weighted by Gasteiger charge is 2.21. The number of benzene rings is 8. The molecule has 0 spiro atoms. The zero-order chi connectivity index (χ0) is 31.0. The van der Waals surface area contributed by atoms with Gasteiger partial charge in [0.1, 0.15) is 11.5 Å². The van der Waals surface area contributed by atoms with Crippen molar-refractivity contribution in [3.63, 3.8) is 0 Å². The Morgan fingerprint density at radius 1 is 0.370 bits per heavy atom. The first-order valence-corrected chi connectivity index (χ1v) is 15.2. The highest BCUT2D eigenvalue weighted by Crippen LogP contribution is 2.47.